The van der Waals surface area contributed by atoms with Crippen LogP contribution in [0.4, 0.5) is 0 Å². The summed E-state index contributed by atoms with van der Waals surface area (Å²) >= 11 is 4.01. The van der Waals surface area contributed by atoms with Gasteiger partial charge in [0.25, 0.3) is 0 Å². The summed E-state index contributed by atoms with van der Waals surface area (Å²) in [5, 5.41) is 0. The molecule has 0 bridgehead atoms. The summed E-state index contributed by atoms with van der Waals surface area (Å²) in [6.07, 6.45) is 0. The molecule has 0 amide bonds. The molecule has 0 fully saturated rings. The van der Waals surface area contributed by atoms with Crippen LogP contribution in [0, 0.1) is 11.8 Å². The van der Waals surface area contributed by atoms with E-state index >= 15 is 0 Å². The normalized spacial score (nSPS) is 8.83. The van der Waals surface area contributed by atoms with E-state index in [0.717, 1.165) is 11.1 Å². The average molecular weight is 177 g/mol. The number of nitrogens with two attached hydrogens (primary N) is 1. The van der Waals surface area contributed by atoms with Crippen molar-refractivity contribution < 1.29 is 0 Å². The van der Waals surface area contributed by atoms with Crippen LogP contribution in [0.1, 0.15) is 11.1 Å². The van der Waals surface area contributed by atoms with Crippen LogP contribution < -0.4 is 5.73 Å². The number of benzene rings is 1. The minimum Gasteiger partial charge on any atom is -0.326 e. The van der Waals surface area contributed by atoms with E-state index in [1.54, 1.807) is 0 Å². The molecule has 0 saturated carbocycles. The van der Waals surface area contributed by atoms with Crippen LogP contribution >= 0.6 is 12.6 Å². The van der Waals surface area contributed by atoms with Crippen molar-refractivity contribution in [1.29, 1.82) is 0 Å². The molecule has 62 valence electrons. The zero-order chi connectivity index (χ0) is 8.81. The van der Waals surface area contributed by atoms with E-state index < -0.39 is 0 Å². The molecule has 1 rings (SSSR count). The second-order valence-electron chi connectivity index (χ2n) is 2.32. The molecule has 1 nitrogen and oxygen atoms in total. The summed E-state index contributed by atoms with van der Waals surface area (Å²) < 4.78 is 0. The molecule has 2 heteroatoms. The Morgan fingerprint density at radius 2 is 2.08 bits per heavy atom. The van der Waals surface area contributed by atoms with Crippen molar-refractivity contribution in [3.63, 3.8) is 0 Å². The molecule has 0 radical (unpaired) electrons. The first kappa shape index (κ1) is 9.18. The third-order valence-electron chi connectivity index (χ3n) is 1.54. The van der Waals surface area contributed by atoms with Crippen molar-refractivity contribution in [3.8, 4) is 11.8 Å². The molecule has 2 N–H and O–H groups in total. The molecule has 1 aromatic carbocycles. The fourth-order valence-corrected chi connectivity index (χ4v) is 1.03. The summed E-state index contributed by atoms with van der Waals surface area (Å²) in [7, 11) is 0. The summed E-state index contributed by atoms with van der Waals surface area (Å²) in [5.74, 6) is 6.49. The molecule has 0 heterocycles. The number of hydrogen-bond donors (Lipinski definition) is 2. The van der Waals surface area contributed by atoms with Gasteiger partial charge in [0, 0.05) is 12.1 Å². The maximum absolute atomic E-state index is 5.54. The predicted octanol–water partition coefficient (Wildman–Crippen LogP) is 1.43. The van der Waals surface area contributed by atoms with Crippen LogP contribution in [0.5, 0.6) is 0 Å². The van der Waals surface area contributed by atoms with Gasteiger partial charge in [0.15, 0.2) is 0 Å². The molecule has 1 aromatic rings. The summed E-state index contributed by atoms with van der Waals surface area (Å²) in [4.78, 5) is 0. The quantitative estimate of drug-likeness (QED) is 0.492. The molecule has 0 aliphatic rings. The van der Waals surface area contributed by atoms with Gasteiger partial charge in [0.05, 0.1) is 5.75 Å². The maximum atomic E-state index is 5.54. The molecule has 0 aromatic heterocycles. The van der Waals surface area contributed by atoms with Gasteiger partial charge in [-0.05, 0) is 11.6 Å². The number of rotatable bonds is 1. The van der Waals surface area contributed by atoms with Gasteiger partial charge < -0.3 is 5.73 Å². The van der Waals surface area contributed by atoms with Crippen LogP contribution in [-0.4, -0.2) is 5.75 Å². The van der Waals surface area contributed by atoms with Crippen molar-refractivity contribution >= 4 is 12.6 Å². The SMILES string of the molecule is NCc1ccccc1C#CCS. The molecular formula is C10H11NS. The van der Waals surface area contributed by atoms with E-state index in [2.05, 4.69) is 24.5 Å². The molecule has 0 aliphatic heterocycles. The molecule has 0 aliphatic carbocycles. The maximum Gasteiger partial charge on any atom is 0.0521 e. The largest absolute Gasteiger partial charge is 0.326 e. The number of hydrogen-bond acceptors (Lipinski definition) is 2. The van der Waals surface area contributed by atoms with Gasteiger partial charge in [-0.25, -0.2) is 0 Å². The lowest BCUT2D eigenvalue weighted by molar-refractivity contribution is 1.06. The summed E-state index contributed by atoms with van der Waals surface area (Å²) in [6.45, 7) is 0.539. The minimum absolute atomic E-state index is 0.539. The summed E-state index contributed by atoms with van der Waals surface area (Å²) in [6, 6.07) is 7.89. The molecule has 0 unspecified atom stereocenters. The van der Waals surface area contributed by atoms with Crippen LogP contribution in [-0.2, 0) is 6.54 Å². The van der Waals surface area contributed by atoms with Crippen molar-refractivity contribution in [2.45, 2.75) is 6.54 Å². The predicted molar refractivity (Wildman–Crippen MR) is 55.1 cm³/mol. The lowest BCUT2D eigenvalue weighted by Gasteiger charge is -1.98. The number of thiol groups is 1. The smallest absolute Gasteiger partial charge is 0.0521 e. The molecule has 0 spiro atoms. The second-order valence-corrected chi connectivity index (χ2v) is 2.64. The van der Waals surface area contributed by atoms with Crippen molar-refractivity contribution in [3.05, 3.63) is 35.4 Å². The molecule has 0 saturated heterocycles. The highest BCUT2D eigenvalue weighted by Crippen LogP contribution is 2.05. The third kappa shape index (κ3) is 2.30. The molecule has 12 heavy (non-hydrogen) atoms. The Kier molecular flexibility index (Phi) is 3.72. The fraction of sp³-hybridized carbons (Fsp3) is 0.200. The van der Waals surface area contributed by atoms with Gasteiger partial charge in [-0.2, -0.15) is 12.6 Å². The first-order chi connectivity index (χ1) is 5.88. The fourth-order valence-electron chi connectivity index (χ4n) is 0.955. The van der Waals surface area contributed by atoms with Crippen molar-refractivity contribution in [2.24, 2.45) is 5.73 Å². The van der Waals surface area contributed by atoms with Gasteiger partial charge in [0.1, 0.15) is 0 Å². The van der Waals surface area contributed by atoms with Gasteiger partial charge in [0.2, 0.25) is 0 Å². The van der Waals surface area contributed by atoms with E-state index in [0.29, 0.717) is 12.3 Å². The standard InChI is InChI=1S/C10H11NS/c11-8-10-5-2-1-4-9(10)6-3-7-12/h1-2,4-5,12H,7-8,11H2. The van der Waals surface area contributed by atoms with E-state index in [9.17, 15) is 0 Å². The summed E-state index contributed by atoms with van der Waals surface area (Å²) in [5.41, 5.74) is 7.63. The van der Waals surface area contributed by atoms with E-state index in [4.69, 9.17) is 5.73 Å². The topological polar surface area (TPSA) is 26.0 Å². The highest BCUT2D eigenvalue weighted by molar-refractivity contribution is 7.80. The van der Waals surface area contributed by atoms with Crippen LogP contribution in [0.25, 0.3) is 0 Å². The Morgan fingerprint density at radius 1 is 1.33 bits per heavy atom. The van der Waals surface area contributed by atoms with Crippen molar-refractivity contribution in [1.82, 2.24) is 0 Å². The third-order valence-corrected chi connectivity index (χ3v) is 1.70. The Bertz CT molecular complexity index is 309. The highest BCUT2D eigenvalue weighted by atomic mass is 32.1. The van der Waals surface area contributed by atoms with Gasteiger partial charge >= 0.3 is 0 Å². The lowest BCUT2D eigenvalue weighted by atomic mass is 10.1. The zero-order valence-corrected chi connectivity index (χ0v) is 7.64. The minimum atomic E-state index is 0.539. The average Bonchev–Trinajstić information content (AvgIpc) is 2.15. The first-order valence-corrected chi connectivity index (χ1v) is 4.39. The Balaban J connectivity index is 2.97. The van der Waals surface area contributed by atoms with Crippen molar-refractivity contribution in [2.75, 3.05) is 5.75 Å². The van der Waals surface area contributed by atoms with Crippen LogP contribution in [0.3, 0.4) is 0 Å². The second kappa shape index (κ2) is 4.87. The van der Waals surface area contributed by atoms with E-state index in [-0.39, 0.29) is 0 Å². The Morgan fingerprint density at radius 3 is 2.75 bits per heavy atom. The zero-order valence-electron chi connectivity index (χ0n) is 6.75. The Labute approximate surface area is 78.4 Å². The Hall–Kier alpha value is -0.910. The van der Waals surface area contributed by atoms with Gasteiger partial charge in [-0.3, -0.25) is 0 Å². The van der Waals surface area contributed by atoms with E-state index in [1.165, 1.54) is 0 Å². The van der Waals surface area contributed by atoms with Gasteiger partial charge in [-0.1, -0.05) is 30.0 Å². The van der Waals surface area contributed by atoms with Gasteiger partial charge in [-0.15, -0.1) is 0 Å². The molecular weight excluding hydrogens is 166 g/mol. The highest BCUT2D eigenvalue weighted by Gasteiger charge is 1.93. The van der Waals surface area contributed by atoms with Crippen LogP contribution in [0.2, 0.25) is 0 Å². The monoisotopic (exact) mass is 177 g/mol. The van der Waals surface area contributed by atoms with E-state index in [1.807, 2.05) is 24.3 Å². The van der Waals surface area contributed by atoms with Crippen LogP contribution in [0.15, 0.2) is 24.3 Å². The first-order valence-electron chi connectivity index (χ1n) is 3.76. The molecule has 0 atom stereocenters. The lowest BCUT2D eigenvalue weighted by Crippen LogP contribution is -1.98.